The Morgan fingerprint density at radius 1 is 0.531 bits per heavy atom. The van der Waals surface area contributed by atoms with Gasteiger partial charge in [-0.2, -0.15) is 0 Å². The van der Waals surface area contributed by atoms with Gasteiger partial charge in [-0.1, -0.05) is 49.0 Å². The molecule has 0 aliphatic heterocycles. The first-order valence-electron chi connectivity index (χ1n) is 9.35. The fourth-order valence-corrected chi connectivity index (χ4v) is 7.27. The van der Waals surface area contributed by atoms with Crippen LogP contribution in [0, 0.1) is 0 Å². The zero-order valence-electron chi connectivity index (χ0n) is 16.8. The maximum atomic E-state index is 11.8. The minimum atomic E-state index is -3.06. The molecule has 3 aromatic carbocycles. The van der Waals surface area contributed by atoms with Gasteiger partial charge in [-0.15, -0.1) is 0 Å². The van der Waals surface area contributed by atoms with Gasteiger partial charge in [-0.05, 0) is 39.8 Å². The second-order valence-corrected chi connectivity index (χ2v) is 11.2. The van der Waals surface area contributed by atoms with Crippen LogP contribution in [0.4, 0.5) is 0 Å². The van der Waals surface area contributed by atoms with Gasteiger partial charge in [-0.25, -0.2) is 19.2 Å². The molecule has 0 heterocycles. The molecule has 0 saturated carbocycles. The molecule has 0 amide bonds. The van der Waals surface area contributed by atoms with Crippen LogP contribution in [-0.4, -0.2) is 52.4 Å². The van der Waals surface area contributed by atoms with Crippen LogP contribution in [0.5, 0.6) is 0 Å². The lowest BCUT2D eigenvalue weighted by molar-refractivity contribution is 0.0651. The van der Waals surface area contributed by atoms with Gasteiger partial charge in [0.15, 0.2) is 0 Å². The highest BCUT2D eigenvalue weighted by molar-refractivity contribution is 7.10. The molecule has 0 saturated heterocycles. The lowest BCUT2D eigenvalue weighted by Gasteiger charge is -2.30. The van der Waals surface area contributed by atoms with Gasteiger partial charge < -0.3 is 20.4 Å². The fraction of sp³-hybridized carbons (Fsp3) is 0.0435. The van der Waals surface area contributed by atoms with E-state index in [-0.39, 0.29) is 22.3 Å². The van der Waals surface area contributed by atoms with E-state index >= 15 is 0 Å². The monoisotopic (exact) mass is 450 g/mol. The van der Waals surface area contributed by atoms with Crippen molar-refractivity contribution in [2.45, 2.75) is 6.55 Å². The number of rotatable bonds is 7. The average Bonchev–Trinajstić information content (AvgIpc) is 2.78. The molecule has 3 rings (SSSR count). The zero-order chi connectivity index (χ0) is 23.6. The molecule has 0 atom stereocenters. The Morgan fingerprint density at radius 3 is 1.25 bits per heavy atom. The summed E-state index contributed by atoms with van der Waals surface area (Å²) in [6, 6.07) is 17.1. The van der Waals surface area contributed by atoms with Crippen molar-refractivity contribution in [1.29, 1.82) is 0 Å². The largest absolute Gasteiger partial charge is 0.478 e. The topological polar surface area (TPSA) is 149 Å². The second kappa shape index (κ2) is 8.48. The van der Waals surface area contributed by atoms with Crippen LogP contribution in [0.1, 0.15) is 41.4 Å². The standard InChI is InChI=1S/C23H18O8Si/c1-32(13-5-3-2-4-6-13,14-7-9-16(20(24)25)18(11-14)22(28)29)15-8-10-17(21(26)27)19(12-15)23(30)31/h2-12H,1H3,(H,24,25)(H,26,27)(H,28,29)(H,30,31). The van der Waals surface area contributed by atoms with Crippen molar-refractivity contribution in [1.82, 2.24) is 0 Å². The molecule has 3 aromatic rings. The van der Waals surface area contributed by atoms with Crippen LogP contribution < -0.4 is 15.6 Å². The third-order valence-electron chi connectivity index (χ3n) is 5.47. The van der Waals surface area contributed by atoms with Gasteiger partial charge >= 0.3 is 23.9 Å². The molecule has 8 nitrogen and oxygen atoms in total. The van der Waals surface area contributed by atoms with Crippen LogP contribution >= 0.6 is 0 Å². The summed E-state index contributed by atoms with van der Waals surface area (Å²) in [7, 11) is -3.06. The number of carbonyl (C=O) groups is 4. The first-order valence-corrected chi connectivity index (χ1v) is 11.8. The Hall–Kier alpha value is -4.24. The van der Waals surface area contributed by atoms with Crippen molar-refractivity contribution in [2.24, 2.45) is 0 Å². The second-order valence-electron chi connectivity index (χ2n) is 7.23. The van der Waals surface area contributed by atoms with E-state index in [0.29, 0.717) is 10.4 Å². The number of hydrogen-bond donors (Lipinski definition) is 4. The first-order chi connectivity index (χ1) is 15.1. The van der Waals surface area contributed by atoms with E-state index in [1.54, 1.807) is 18.2 Å². The van der Waals surface area contributed by atoms with E-state index in [1.165, 1.54) is 36.4 Å². The van der Waals surface area contributed by atoms with Gasteiger partial charge in [-0.3, -0.25) is 0 Å². The molecular formula is C23H18O8Si. The molecule has 0 radical (unpaired) electrons. The molecule has 0 aliphatic carbocycles. The Kier molecular flexibility index (Phi) is 5.95. The fourth-order valence-electron chi connectivity index (χ4n) is 3.71. The van der Waals surface area contributed by atoms with Crippen molar-refractivity contribution in [3.8, 4) is 0 Å². The number of benzene rings is 3. The molecular weight excluding hydrogens is 432 g/mol. The van der Waals surface area contributed by atoms with E-state index in [1.807, 2.05) is 18.7 Å². The summed E-state index contributed by atoms with van der Waals surface area (Å²) >= 11 is 0. The zero-order valence-corrected chi connectivity index (χ0v) is 17.8. The lowest BCUT2D eigenvalue weighted by Crippen LogP contribution is -2.65. The average molecular weight is 450 g/mol. The lowest BCUT2D eigenvalue weighted by atomic mass is 10.1. The predicted octanol–water partition coefficient (Wildman–Crippen LogP) is 1.58. The van der Waals surface area contributed by atoms with Crippen molar-refractivity contribution in [3.05, 3.63) is 89.0 Å². The molecule has 9 heteroatoms. The van der Waals surface area contributed by atoms with E-state index in [0.717, 1.165) is 5.19 Å². The summed E-state index contributed by atoms with van der Waals surface area (Å²) in [6.07, 6.45) is 0. The third kappa shape index (κ3) is 3.88. The molecule has 0 spiro atoms. The van der Waals surface area contributed by atoms with Gasteiger partial charge in [0.2, 0.25) is 0 Å². The summed E-state index contributed by atoms with van der Waals surface area (Å²) in [4.78, 5) is 46.5. The minimum absolute atomic E-state index is 0.363. The molecule has 0 aromatic heterocycles. The van der Waals surface area contributed by atoms with Crippen molar-refractivity contribution >= 4 is 47.5 Å². The van der Waals surface area contributed by atoms with E-state index in [9.17, 15) is 39.6 Å². The van der Waals surface area contributed by atoms with Gasteiger partial charge in [0.1, 0.15) is 8.07 Å². The van der Waals surface area contributed by atoms with Crippen molar-refractivity contribution < 1.29 is 39.6 Å². The molecule has 4 N–H and O–H groups in total. The van der Waals surface area contributed by atoms with Crippen LogP contribution in [0.3, 0.4) is 0 Å². The summed E-state index contributed by atoms with van der Waals surface area (Å²) in [5, 5.41) is 39.7. The first kappa shape index (κ1) is 22.4. The number of carboxylic acids is 4. The number of hydrogen-bond acceptors (Lipinski definition) is 4. The highest BCUT2D eigenvalue weighted by atomic mass is 28.3. The molecule has 0 unspecified atom stereocenters. The predicted molar refractivity (Wildman–Crippen MR) is 118 cm³/mol. The van der Waals surface area contributed by atoms with Crippen LogP contribution in [0.15, 0.2) is 66.7 Å². The van der Waals surface area contributed by atoms with Gasteiger partial charge in [0, 0.05) is 0 Å². The maximum Gasteiger partial charge on any atom is 0.336 e. The van der Waals surface area contributed by atoms with Gasteiger partial charge in [0.25, 0.3) is 0 Å². The summed E-state index contributed by atoms with van der Waals surface area (Å²) in [6.45, 7) is 1.87. The summed E-state index contributed by atoms with van der Waals surface area (Å²) < 4.78 is 0. The van der Waals surface area contributed by atoms with E-state index in [4.69, 9.17) is 0 Å². The molecule has 0 aliphatic rings. The Balaban J connectivity index is 2.36. The quantitative estimate of drug-likeness (QED) is 0.313. The van der Waals surface area contributed by atoms with E-state index < -0.39 is 32.0 Å². The van der Waals surface area contributed by atoms with Crippen molar-refractivity contribution in [3.63, 3.8) is 0 Å². The Labute approximate surface area is 183 Å². The SMILES string of the molecule is C[Si](c1ccccc1)(c1ccc(C(=O)O)c(C(=O)O)c1)c1ccc(C(=O)O)c(C(=O)O)c1. The van der Waals surface area contributed by atoms with Crippen LogP contribution in [0.2, 0.25) is 6.55 Å². The Bertz CT molecular complexity index is 1170. The van der Waals surface area contributed by atoms with Crippen LogP contribution in [0.25, 0.3) is 0 Å². The molecule has 32 heavy (non-hydrogen) atoms. The maximum absolute atomic E-state index is 11.8. The third-order valence-corrected chi connectivity index (χ3v) is 9.89. The smallest absolute Gasteiger partial charge is 0.336 e. The molecule has 162 valence electrons. The summed E-state index contributed by atoms with van der Waals surface area (Å²) in [5.41, 5.74) is -1.49. The number of carboxylic acid groups (broad SMARTS) is 4. The number of aromatic carboxylic acids is 4. The van der Waals surface area contributed by atoms with Crippen LogP contribution in [-0.2, 0) is 0 Å². The highest BCUT2D eigenvalue weighted by Crippen LogP contribution is 2.16. The van der Waals surface area contributed by atoms with Gasteiger partial charge in [0.05, 0.1) is 22.3 Å². The molecule has 0 bridgehead atoms. The normalized spacial score (nSPS) is 11.0. The Morgan fingerprint density at radius 2 is 0.906 bits per heavy atom. The van der Waals surface area contributed by atoms with E-state index in [2.05, 4.69) is 0 Å². The highest BCUT2D eigenvalue weighted by Gasteiger charge is 2.36. The molecule has 0 fully saturated rings. The van der Waals surface area contributed by atoms with Crippen molar-refractivity contribution in [2.75, 3.05) is 0 Å². The summed E-state index contributed by atoms with van der Waals surface area (Å²) in [5.74, 6) is -5.56. The minimum Gasteiger partial charge on any atom is -0.478 e.